The van der Waals surface area contributed by atoms with Crippen LogP contribution in [0.2, 0.25) is 0 Å². The molecule has 24 heavy (non-hydrogen) atoms. The van der Waals surface area contributed by atoms with Gasteiger partial charge in [0.15, 0.2) is 0 Å². The Hall–Kier alpha value is -2.35. The molecule has 1 heterocycles. The summed E-state index contributed by atoms with van der Waals surface area (Å²) in [4.78, 5) is 24.1. The maximum absolute atomic E-state index is 12.2. The molecule has 1 amide bonds. The Labute approximate surface area is 140 Å². The molecule has 0 bridgehead atoms. The maximum Gasteiger partial charge on any atom is 0.410 e. The molecule has 2 N–H and O–H groups in total. The van der Waals surface area contributed by atoms with E-state index in [9.17, 15) is 20.0 Å². The lowest BCUT2D eigenvalue weighted by Gasteiger charge is -2.28. The van der Waals surface area contributed by atoms with Crippen LogP contribution in [0.15, 0.2) is 18.2 Å². The van der Waals surface area contributed by atoms with Gasteiger partial charge in [-0.25, -0.2) is 4.79 Å². The van der Waals surface area contributed by atoms with Gasteiger partial charge in [-0.15, -0.1) is 0 Å². The first-order valence-corrected chi connectivity index (χ1v) is 7.82. The first-order chi connectivity index (χ1) is 11.2. The lowest BCUT2D eigenvalue weighted by atomic mass is 10.1. The van der Waals surface area contributed by atoms with E-state index < -0.39 is 16.6 Å². The van der Waals surface area contributed by atoms with Gasteiger partial charge in [0.2, 0.25) is 0 Å². The number of hydrogen-bond donors (Lipinski definition) is 2. The molecule has 132 valence electrons. The zero-order valence-electron chi connectivity index (χ0n) is 14.1. The summed E-state index contributed by atoms with van der Waals surface area (Å²) in [7, 11) is 0. The standard InChI is InChI=1S/C16H23N3O5/c1-16(2,3)24-15(21)18(6-7-20)10-12-8-11-9-13(19(22)23)4-5-14(11)17-12/h4-5,9,12,17,20H,6-8,10H2,1-3H3. The number of anilines is 1. The van der Waals surface area contributed by atoms with E-state index in [1.54, 1.807) is 32.9 Å². The van der Waals surface area contributed by atoms with Crippen molar-refractivity contribution in [3.05, 3.63) is 33.9 Å². The smallest absolute Gasteiger partial charge is 0.410 e. The summed E-state index contributed by atoms with van der Waals surface area (Å²) >= 11 is 0. The summed E-state index contributed by atoms with van der Waals surface area (Å²) < 4.78 is 5.35. The number of ether oxygens (including phenoxy) is 1. The van der Waals surface area contributed by atoms with E-state index in [-0.39, 0.29) is 24.9 Å². The fourth-order valence-corrected chi connectivity index (χ4v) is 2.62. The predicted octanol–water partition coefficient (Wildman–Crippen LogP) is 2.16. The Morgan fingerprint density at radius 2 is 2.21 bits per heavy atom. The Morgan fingerprint density at radius 1 is 1.50 bits per heavy atom. The number of carbonyl (C=O) groups excluding carboxylic acids is 1. The molecule has 0 fully saturated rings. The van der Waals surface area contributed by atoms with Crippen molar-refractivity contribution >= 4 is 17.5 Å². The Morgan fingerprint density at radius 3 is 2.79 bits per heavy atom. The molecule has 1 unspecified atom stereocenters. The van der Waals surface area contributed by atoms with E-state index in [4.69, 9.17) is 4.74 Å². The largest absolute Gasteiger partial charge is 0.444 e. The molecular formula is C16H23N3O5. The molecule has 0 saturated carbocycles. The average molecular weight is 337 g/mol. The third-order valence-corrected chi connectivity index (χ3v) is 3.59. The van der Waals surface area contributed by atoms with Gasteiger partial charge < -0.3 is 20.1 Å². The SMILES string of the molecule is CC(C)(C)OC(=O)N(CCO)CC1Cc2cc([N+](=O)[O-])ccc2N1. The highest BCUT2D eigenvalue weighted by Gasteiger charge is 2.28. The fourth-order valence-electron chi connectivity index (χ4n) is 2.62. The van der Waals surface area contributed by atoms with Gasteiger partial charge in [0.1, 0.15) is 5.60 Å². The van der Waals surface area contributed by atoms with Crippen molar-refractivity contribution in [3.63, 3.8) is 0 Å². The van der Waals surface area contributed by atoms with Crippen LogP contribution in [0.5, 0.6) is 0 Å². The number of aliphatic hydroxyl groups excluding tert-OH is 1. The van der Waals surface area contributed by atoms with Gasteiger partial charge in [0.25, 0.3) is 5.69 Å². The second kappa shape index (κ2) is 7.04. The monoisotopic (exact) mass is 337 g/mol. The molecule has 1 atom stereocenters. The normalized spacial score (nSPS) is 16.2. The second-order valence-electron chi connectivity index (χ2n) is 6.79. The van der Waals surface area contributed by atoms with Gasteiger partial charge in [-0.3, -0.25) is 10.1 Å². The zero-order valence-corrected chi connectivity index (χ0v) is 14.1. The number of rotatable bonds is 5. The number of amides is 1. The second-order valence-corrected chi connectivity index (χ2v) is 6.79. The van der Waals surface area contributed by atoms with Crippen LogP contribution >= 0.6 is 0 Å². The van der Waals surface area contributed by atoms with Gasteiger partial charge in [0.05, 0.1) is 11.5 Å². The fraction of sp³-hybridized carbons (Fsp3) is 0.562. The molecule has 1 aromatic carbocycles. The number of aliphatic hydroxyl groups is 1. The van der Waals surface area contributed by atoms with E-state index in [1.807, 2.05) is 0 Å². The van der Waals surface area contributed by atoms with Crippen molar-refractivity contribution in [1.82, 2.24) is 4.90 Å². The number of fused-ring (bicyclic) bond motifs is 1. The zero-order chi connectivity index (χ0) is 17.9. The summed E-state index contributed by atoms with van der Waals surface area (Å²) in [6.07, 6.45) is 0.0853. The molecule has 0 aliphatic carbocycles. The molecule has 1 aromatic rings. The number of nitrogens with one attached hydrogen (secondary N) is 1. The number of carbonyl (C=O) groups is 1. The third kappa shape index (κ3) is 4.58. The summed E-state index contributed by atoms with van der Waals surface area (Å²) in [5, 5.41) is 23.3. The van der Waals surface area contributed by atoms with Crippen molar-refractivity contribution in [3.8, 4) is 0 Å². The molecule has 0 aromatic heterocycles. The quantitative estimate of drug-likeness (QED) is 0.630. The van der Waals surface area contributed by atoms with Crippen LogP contribution in [-0.4, -0.2) is 52.4 Å². The van der Waals surface area contributed by atoms with Crippen LogP contribution in [0.25, 0.3) is 0 Å². The Balaban J connectivity index is 2.03. The summed E-state index contributed by atoms with van der Waals surface area (Å²) in [5.74, 6) is 0. The minimum Gasteiger partial charge on any atom is -0.444 e. The number of hydrogen-bond acceptors (Lipinski definition) is 6. The van der Waals surface area contributed by atoms with Crippen molar-refractivity contribution < 1.29 is 19.6 Å². The van der Waals surface area contributed by atoms with E-state index in [2.05, 4.69) is 5.32 Å². The van der Waals surface area contributed by atoms with E-state index in [1.165, 1.54) is 11.0 Å². The highest BCUT2D eigenvalue weighted by atomic mass is 16.6. The van der Waals surface area contributed by atoms with Crippen molar-refractivity contribution in [2.45, 2.75) is 38.8 Å². The van der Waals surface area contributed by atoms with Gasteiger partial charge in [-0.2, -0.15) is 0 Å². The summed E-state index contributed by atoms with van der Waals surface area (Å²) in [5.41, 5.74) is 1.12. The maximum atomic E-state index is 12.2. The number of non-ortho nitro benzene ring substituents is 1. The molecule has 1 aliphatic heterocycles. The van der Waals surface area contributed by atoms with E-state index >= 15 is 0 Å². The Bertz CT molecular complexity index is 627. The first kappa shape index (κ1) is 18.0. The summed E-state index contributed by atoms with van der Waals surface area (Å²) in [6.45, 7) is 5.70. The Kier molecular flexibility index (Phi) is 5.28. The molecule has 8 nitrogen and oxygen atoms in total. The molecular weight excluding hydrogens is 314 g/mol. The van der Waals surface area contributed by atoms with Crippen LogP contribution in [0.1, 0.15) is 26.3 Å². The lowest BCUT2D eigenvalue weighted by molar-refractivity contribution is -0.384. The summed E-state index contributed by atoms with van der Waals surface area (Å²) in [6, 6.07) is 4.60. The molecule has 2 rings (SSSR count). The van der Waals surface area contributed by atoms with Crippen LogP contribution < -0.4 is 5.32 Å². The van der Waals surface area contributed by atoms with Gasteiger partial charge in [-0.1, -0.05) is 0 Å². The van der Waals surface area contributed by atoms with Crippen molar-refractivity contribution in [2.75, 3.05) is 25.0 Å². The van der Waals surface area contributed by atoms with Crippen LogP contribution in [0.3, 0.4) is 0 Å². The minimum absolute atomic E-state index is 0.0514. The molecule has 8 heteroatoms. The molecule has 0 radical (unpaired) electrons. The minimum atomic E-state index is -0.614. The predicted molar refractivity (Wildman–Crippen MR) is 89.1 cm³/mol. The third-order valence-electron chi connectivity index (χ3n) is 3.59. The number of nitrogens with zero attached hydrogens (tertiary/aromatic N) is 2. The van der Waals surface area contributed by atoms with E-state index in [0.717, 1.165) is 11.3 Å². The van der Waals surface area contributed by atoms with Crippen LogP contribution in [0.4, 0.5) is 16.2 Å². The topological polar surface area (TPSA) is 105 Å². The lowest BCUT2D eigenvalue weighted by Crippen LogP contribution is -2.44. The number of nitro groups is 1. The molecule has 0 spiro atoms. The van der Waals surface area contributed by atoms with Crippen LogP contribution in [-0.2, 0) is 11.2 Å². The number of benzene rings is 1. The number of nitro benzene ring substituents is 1. The average Bonchev–Trinajstić information content (AvgIpc) is 2.86. The highest BCUT2D eigenvalue weighted by Crippen LogP contribution is 2.29. The van der Waals surface area contributed by atoms with E-state index in [0.29, 0.717) is 13.0 Å². The molecule has 0 saturated heterocycles. The highest BCUT2D eigenvalue weighted by molar-refractivity contribution is 5.68. The molecule has 1 aliphatic rings. The van der Waals surface area contributed by atoms with Gasteiger partial charge >= 0.3 is 6.09 Å². The first-order valence-electron chi connectivity index (χ1n) is 7.82. The van der Waals surface area contributed by atoms with Crippen molar-refractivity contribution in [2.24, 2.45) is 0 Å². The van der Waals surface area contributed by atoms with Crippen molar-refractivity contribution in [1.29, 1.82) is 0 Å². The van der Waals surface area contributed by atoms with Gasteiger partial charge in [-0.05, 0) is 38.8 Å². The van der Waals surface area contributed by atoms with Crippen LogP contribution in [0, 0.1) is 10.1 Å². The van der Waals surface area contributed by atoms with Gasteiger partial charge in [0, 0.05) is 37.0 Å².